The number of nitro benzene ring substituents is 1. The van der Waals surface area contributed by atoms with Crippen LogP contribution in [0.4, 0.5) is 5.69 Å². The minimum atomic E-state index is -3.80. The van der Waals surface area contributed by atoms with Gasteiger partial charge in [-0.05, 0) is 26.0 Å². The molecule has 0 unspecified atom stereocenters. The largest absolute Gasteiger partial charge is 0.394 e. The zero-order chi connectivity index (χ0) is 14.8. The van der Waals surface area contributed by atoms with Crippen LogP contribution in [0, 0.1) is 10.1 Å². The number of rotatable bonds is 5. The van der Waals surface area contributed by atoms with Gasteiger partial charge < -0.3 is 5.11 Å². The Balaban J connectivity index is 3.17. The first-order valence-electron chi connectivity index (χ1n) is 5.47. The number of nitrogens with zero attached hydrogens (tertiary/aromatic N) is 2. The molecule has 0 amide bonds. The quantitative estimate of drug-likeness (QED) is 0.643. The smallest absolute Gasteiger partial charge is 0.269 e. The van der Waals surface area contributed by atoms with E-state index in [-0.39, 0.29) is 17.2 Å². The number of benzene rings is 1. The van der Waals surface area contributed by atoms with Gasteiger partial charge in [0, 0.05) is 19.2 Å². The average Bonchev–Trinajstić information content (AvgIpc) is 2.37. The number of aliphatic hydroxyl groups excluding tert-OH is 1. The van der Waals surface area contributed by atoms with Crippen molar-refractivity contribution >= 4 is 15.7 Å². The Kier molecular flexibility index (Phi) is 4.28. The van der Waals surface area contributed by atoms with E-state index < -0.39 is 20.5 Å². The van der Waals surface area contributed by atoms with Gasteiger partial charge in [-0.3, -0.25) is 10.1 Å². The fraction of sp³-hybridized carbons (Fsp3) is 0.455. The lowest BCUT2D eigenvalue weighted by Crippen LogP contribution is -2.47. The molecule has 1 aromatic rings. The molecule has 7 nitrogen and oxygen atoms in total. The molecule has 0 aliphatic heterocycles. The summed E-state index contributed by atoms with van der Waals surface area (Å²) in [6.07, 6.45) is 0. The van der Waals surface area contributed by atoms with E-state index in [2.05, 4.69) is 0 Å². The van der Waals surface area contributed by atoms with Crippen LogP contribution in [0.25, 0.3) is 0 Å². The number of hydrogen-bond donors (Lipinski definition) is 1. The van der Waals surface area contributed by atoms with Crippen LogP contribution in [0.3, 0.4) is 0 Å². The van der Waals surface area contributed by atoms with Crippen molar-refractivity contribution in [2.75, 3.05) is 13.7 Å². The Morgan fingerprint density at radius 2 is 1.79 bits per heavy atom. The summed E-state index contributed by atoms with van der Waals surface area (Å²) < 4.78 is 25.6. The fourth-order valence-electron chi connectivity index (χ4n) is 1.32. The lowest BCUT2D eigenvalue weighted by Gasteiger charge is -2.32. The maximum Gasteiger partial charge on any atom is 0.269 e. The highest BCUT2D eigenvalue weighted by atomic mass is 32.2. The van der Waals surface area contributed by atoms with Crippen LogP contribution in [0.5, 0.6) is 0 Å². The van der Waals surface area contributed by atoms with Gasteiger partial charge in [-0.15, -0.1) is 0 Å². The van der Waals surface area contributed by atoms with Crippen LogP contribution < -0.4 is 0 Å². The molecule has 0 aromatic heterocycles. The maximum absolute atomic E-state index is 12.3. The lowest BCUT2D eigenvalue weighted by atomic mass is 10.1. The number of hydrogen-bond acceptors (Lipinski definition) is 5. The van der Waals surface area contributed by atoms with Gasteiger partial charge in [-0.2, -0.15) is 4.31 Å². The molecule has 0 saturated heterocycles. The second-order valence-corrected chi connectivity index (χ2v) is 6.66. The highest BCUT2D eigenvalue weighted by molar-refractivity contribution is 7.89. The minimum absolute atomic E-state index is 0.0536. The molecule has 0 spiro atoms. The predicted molar refractivity (Wildman–Crippen MR) is 69.2 cm³/mol. The van der Waals surface area contributed by atoms with Gasteiger partial charge in [0.15, 0.2) is 0 Å². The summed E-state index contributed by atoms with van der Waals surface area (Å²) in [5.41, 5.74) is -1.14. The number of nitro groups is 1. The van der Waals surface area contributed by atoms with E-state index in [1.807, 2.05) is 0 Å². The third-order valence-electron chi connectivity index (χ3n) is 2.95. The Bertz CT molecular complexity index is 565. The molecule has 19 heavy (non-hydrogen) atoms. The molecule has 1 N–H and O–H groups in total. The highest BCUT2D eigenvalue weighted by Crippen LogP contribution is 2.24. The van der Waals surface area contributed by atoms with Gasteiger partial charge in [0.25, 0.3) is 5.69 Å². The molecule has 1 aromatic carbocycles. The minimum Gasteiger partial charge on any atom is -0.394 e. The normalized spacial score (nSPS) is 12.7. The van der Waals surface area contributed by atoms with Crippen molar-refractivity contribution in [1.29, 1.82) is 0 Å². The van der Waals surface area contributed by atoms with Gasteiger partial charge in [0.2, 0.25) is 10.0 Å². The highest BCUT2D eigenvalue weighted by Gasteiger charge is 2.33. The van der Waals surface area contributed by atoms with Crippen molar-refractivity contribution in [1.82, 2.24) is 4.31 Å². The number of likely N-dealkylation sites (N-methyl/N-ethyl adjacent to an activating group) is 1. The summed E-state index contributed by atoms with van der Waals surface area (Å²) in [4.78, 5) is 9.86. The van der Waals surface area contributed by atoms with Crippen LogP contribution >= 0.6 is 0 Å². The predicted octanol–water partition coefficient (Wildman–Crippen LogP) is 0.986. The van der Waals surface area contributed by atoms with E-state index in [4.69, 9.17) is 0 Å². The Morgan fingerprint density at radius 3 is 2.16 bits per heavy atom. The molecule has 1 rings (SSSR count). The SMILES string of the molecule is CN(C(C)(C)CO)S(=O)(=O)c1ccc([N+](=O)[O-])cc1. The topological polar surface area (TPSA) is 101 Å². The Hall–Kier alpha value is -1.51. The van der Waals surface area contributed by atoms with Crippen LogP contribution in [0.2, 0.25) is 0 Å². The van der Waals surface area contributed by atoms with Crippen LogP contribution in [0.1, 0.15) is 13.8 Å². The van der Waals surface area contributed by atoms with Crippen LogP contribution in [-0.4, -0.2) is 41.9 Å². The summed E-state index contributed by atoms with van der Waals surface area (Å²) >= 11 is 0. The molecule has 8 heteroatoms. The third-order valence-corrected chi connectivity index (χ3v) is 5.03. The van der Waals surface area contributed by atoms with Gasteiger partial charge in [0.05, 0.1) is 22.0 Å². The molecule has 0 radical (unpaired) electrons. The molecule has 0 atom stereocenters. The van der Waals surface area contributed by atoms with Gasteiger partial charge in [-0.1, -0.05) is 0 Å². The van der Waals surface area contributed by atoms with E-state index in [0.29, 0.717) is 0 Å². The molecular weight excluding hydrogens is 272 g/mol. The first kappa shape index (κ1) is 15.5. The van der Waals surface area contributed by atoms with Crippen LogP contribution in [-0.2, 0) is 10.0 Å². The number of aliphatic hydroxyl groups is 1. The lowest BCUT2D eigenvalue weighted by molar-refractivity contribution is -0.384. The standard InChI is InChI=1S/C11H16N2O5S/c1-11(2,8-14)12(3)19(17,18)10-6-4-9(5-7-10)13(15)16/h4-7,14H,8H2,1-3H3. The van der Waals surface area contributed by atoms with Gasteiger partial charge in [0.1, 0.15) is 0 Å². The maximum atomic E-state index is 12.3. The second kappa shape index (κ2) is 5.24. The van der Waals surface area contributed by atoms with Crippen molar-refractivity contribution in [2.45, 2.75) is 24.3 Å². The molecule has 0 aliphatic rings. The monoisotopic (exact) mass is 288 g/mol. The summed E-state index contributed by atoms with van der Waals surface area (Å²) in [6.45, 7) is 2.82. The van der Waals surface area contributed by atoms with Crippen molar-refractivity contribution < 1.29 is 18.4 Å². The Labute approximate surface area is 111 Å². The molecular formula is C11H16N2O5S. The summed E-state index contributed by atoms with van der Waals surface area (Å²) in [7, 11) is -2.45. The van der Waals surface area contributed by atoms with E-state index in [9.17, 15) is 23.6 Å². The summed E-state index contributed by atoms with van der Waals surface area (Å²) in [5, 5.41) is 19.7. The van der Waals surface area contributed by atoms with Crippen molar-refractivity contribution in [3.05, 3.63) is 34.4 Å². The second-order valence-electron chi connectivity index (χ2n) is 4.69. The number of sulfonamides is 1. The Morgan fingerprint density at radius 1 is 1.32 bits per heavy atom. The first-order valence-corrected chi connectivity index (χ1v) is 6.91. The van der Waals surface area contributed by atoms with Crippen molar-refractivity contribution in [2.24, 2.45) is 0 Å². The zero-order valence-corrected chi connectivity index (χ0v) is 11.7. The van der Waals surface area contributed by atoms with Crippen molar-refractivity contribution in [3.8, 4) is 0 Å². The molecule has 0 fully saturated rings. The van der Waals surface area contributed by atoms with Gasteiger partial charge >= 0.3 is 0 Å². The average molecular weight is 288 g/mol. The van der Waals surface area contributed by atoms with Crippen molar-refractivity contribution in [3.63, 3.8) is 0 Å². The summed E-state index contributed by atoms with van der Waals surface area (Å²) in [6, 6.07) is 4.62. The number of non-ortho nitro benzene ring substituents is 1. The third kappa shape index (κ3) is 3.09. The molecule has 0 saturated carbocycles. The van der Waals surface area contributed by atoms with E-state index in [0.717, 1.165) is 16.4 Å². The summed E-state index contributed by atoms with van der Waals surface area (Å²) in [5.74, 6) is 0. The molecule has 0 aliphatic carbocycles. The van der Waals surface area contributed by atoms with E-state index in [1.54, 1.807) is 13.8 Å². The molecule has 0 bridgehead atoms. The first-order chi connectivity index (χ1) is 8.63. The zero-order valence-electron chi connectivity index (χ0n) is 10.9. The fourth-order valence-corrected chi connectivity index (χ4v) is 2.83. The molecule has 106 valence electrons. The van der Waals surface area contributed by atoms with Gasteiger partial charge in [-0.25, -0.2) is 8.42 Å². The van der Waals surface area contributed by atoms with E-state index in [1.165, 1.54) is 19.2 Å². The molecule has 0 heterocycles. The van der Waals surface area contributed by atoms with E-state index >= 15 is 0 Å². The van der Waals surface area contributed by atoms with Crippen LogP contribution in [0.15, 0.2) is 29.2 Å².